The van der Waals surface area contributed by atoms with Crippen molar-refractivity contribution in [3.8, 4) is 0 Å². The number of carbonyl (C=O) groups excluding carboxylic acids is 1. The first-order valence-electron chi connectivity index (χ1n) is 14.2. The van der Waals surface area contributed by atoms with Crippen molar-refractivity contribution in [2.24, 2.45) is 22.7 Å². The Bertz CT molecular complexity index is 1140. The minimum atomic E-state index is -4.55. The van der Waals surface area contributed by atoms with E-state index in [2.05, 4.69) is 43.7 Å². The predicted octanol–water partition coefficient (Wildman–Crippen LogP) is 5.66. The van der Waals surface area contributed by atoms with E-state index in [4.69, 9.17) is 4.18 Å². The Kier molecular flexibility index (Phi) is 8.89. The second kappa shape index (κ2) is 11.6. The summed E-state index contributed by atoms with van der Waals surface area (Å²) >= 11 is 0. The molecular weight excluding hydrogens is 502 g/mol. The number of imidazole rings is 1. The monoisotopic (exact) mass is 547 g/mol. The van der Waals surface area contributed by atoms with Gasteiger partial charge in [-0.05, 0) is 86.0 Å². The van der Waals surface area contributed by atoms with Crippen molar-refractivity contribution in [3.63, 3.8) is 0 Å². The maximum Gasteiger partial charge on any atom is 0.397 e. The SMILES string of the molecule is C[C@H]1CC[C@H]2C(=CCCC2(C)C)[C@@]1(C)CCC(CCCC1=CC(=O)N(CCc2cnc[nH]2)C1)OS(=O)(=O)O. The lowest BCUT2D eigenvalue weighted by molar-refractivity contribution is -0.124. The van der Waals surface area contributed by atoms with Gasteiger partial charge in [-0.15, -0.1) is 0 Å². The number of hydrogen-bond acceptors (Lipinski definition) is 5. The lowest BCUT2D eigenvalue weighted by atomic mass is 9.52. The summed E-state index contributed by atoms with van der Waals surface area (Å²) in [6.07, 6.45) is 15.7. The summed E-state index contributed by atoms with van der Waals surface area (Å²) in [6.45, 7) is 10.6. The lowest BCUT2D eigenvalue weighted by Gasteiger charge is -2.53. The molecule has 4 rings (SSSR count). The van der Waals surface area contributed by atoms with Crippen molar-refractivity contribution < 1.29 is 21.9 Å². The Balaban J connectivity index is 1.33. The molecule has 2 heterocycles. The Morgan fingerprint density at radius 1 is 1.24 bits per heavy atom. The van der Waals surface area contributed by atoms with Crippen LogP contribution in [0.5, 0.6) is 0 Å². The summed E-state index contributed by atoms with van der Waals surface area (Å²) in [4.78, 5) is 21.3. The van der Waals surface area contributed by atoms with Gasteiger partial charge in [0.15, 0.2) is 0 Å². The third-order valence-electron chi connectivity index (χ3n) is 9.61. The van der Waals surface area contributed by atoms with Crippen molar-refractivity contribution in [1.82, 2.24) is 14.9 Å². The highest BCUT2D eigenvalue weighted by Gasteiger charge is 2.48. The maximum absolute atomic E-state index is 12.4. The average molecular weight is 548 g/mol. The zero-order valence-corrected chi connectivity index (χ0v) is 24.2. The van der Waals surface area contributed by atoms with Gasteiger partial charge in [0.1, 0.15) is 0 Å². The highest BCUT2D eigenvalue weighted by molar-refractivity contribution is 7.80. The Hall–Kier alpha value is -1.97. The Morgan fingerprint density at radius 2 is 2.03 bits per heavy atom. The van der Waals surface area contributed by atoms with Gasteiger partial charge in [-0.3, -0.25) is 9.35 Å². The smallest absolute Gasteiger partial charge is 0.348 e. The van der Waals surface area contributed by atoms with E-state index in [-0.39, 0.29) is 16.7 Å². The molecule has 1 aromatic rings. The summed E-state index contributed by atoms with van der Waals surface area (Å²) in [5.74, 6) is 1.09. The average Bonchev–Trinajstić information content (AvgIpc) is 3.47. The molecule has 1 aromatic heterocycles. The minimum Gasteiger partial charge on any atom is -0.348 e. The van der Waals surface area contributed by atoms with Crippen LogP contribution in [0.15, 0.2) is 35.8 Å². The molecular formula is C29H45N3O5S. The molecule has 0 bridgehead atoms. The Labute approximate surface area is 228 Å². The van der Waals surface area contributed by atoms with Gasteiger partial charge in [0, 0.05) is 37.5 Å². The molecule has 8 nitrogen and oxygen atoms in total. The van der Waals surface area contributed by atoms with E-state index in [0.29, 0.717) is 50.6 Å². The van der Waals surface area contributed by atoms with E-state index in [1.807, 2.05) is 4.90 Å². The highest BCUT2D eigenvalue weighted by Crippen LogP contribution is 2.58. The fourth-order valence-corrected chi connectivity index (χ4v) is 7.54. The second-order valence-electron chi connectivity index (χ2n) is 12.6. The van der Waals surface area contributed by atoms with Crippen LogP contribution in [0.25, 0.3) is 0 Å². The number of fused-ring (bicyclic) bond motifs is 1. The topological polar surface area (TPSA) is 113 Å². The number of allylic oxidation sites excluding steroid dienone is 2. The van der Waals surface area contributed by atoms with Crippen LogP contribution in [-0.2, 0) is 25.8 Å². The number of H-pyrrole nitrogens is 1. The van der Waals surface area contributed by atoms with E-state index in [1.54, 1.807) is 24.2 Å². The third kappa shape index (κ3) is 6.96. The normalized spacial score (nSPS) is 28.1. The van der Waals surface area contributed by atoms with Crippen LogP contribution >= 0.6 is 0 Å². The molecule has 2 N–H and O–H groups in total. The fourth-order valence-electron chi connectivity index (χ4n) is 7.01. The molecule has 1 fully saturated rings. The van der Waals surface area contributed by atoms with E-state index >= 15 is 0 Å². The molecule has 0 radical (unpaired) electrons. The number of carbonyl (C=O) groups is 1. The summed E-state index contributed by atoms with van der Waals surface area (Å²) < 4.78 is 38.0. The largest absolute Gasteiger partial charge is 0.397 e. The van der Waals surface area contributed by atoms with Gasteiger partial charge in [-0.2, -0.15) is 8.42 Å². The van der Waals surface area contributed by atoms with Crippen molar-refractivity contribution in [2.75, 3.05) is 13.1 Å². The number of amides is 1. The molecule has 3 aliphatic rings. The van der Waals surface area contributed by atoms with E-state index in [9.17, 15) is 17.8 Å². The molecule has 2 aliphatic carbocycles. The first-order valence-corrected chi connectivity index (χ1v) is 15.6. The van der Waals surface area contributed by atoms with Gasteiger partial charge in [-0.1, -0.05) is 39.3 Å². The number of nitrogens with one attached hydrogen (secondary N) is 1. The zero-order valence-electron chi connectivity index (χ0n) is 23.4. The maximum atomic E-state index is 12.4. The summed E-state index contributed by atoms with van der Waals surface area (Å²) in [5, 5.41) is 0. The number of aromatic amines is 1. The van der Waals surface area contributed by atoms with Crippen LogP contribution in [0.4, 0.5) is 0 Å². The van der Waals surface area contributed by atoms with Crippen LogP contribution in [0.3, 0.4) is 0 Å². The summed E-state index contributed by atoms with van der Waals surface area (Å²) in [5.41, 5.74) is 3.88. The minimum absolute atomic E-state index is 0.00299. The van der Waals surface area contributed by atoms with Gasteiger partial charge in [-0.25, -0.2) is 9.17 Å². The third-order valence-corrected chi connectivity index (χ3v) is 10.1. The van der Waals surface area contributed by atoms with Crippen LogP contribution in [-0.4, -0.2) is 52.9 Å². The van der Waals surface area contributed by atoms with Crippen LogP contribution in [0.2, 0.25) is 0 Å². The Morgan fingerprint density at radius 3 is 2.74 bits per heavy atom. The van der Waals surface area contributed by atoms with Crippen molar-refractivity contribution >= 4 is 16.3 Å². The quantitative estimate of drug-likeness (QED) is 0.258. The van der Waals surface area contributed by atoms with Crippen molar-refractivity contribution in [2.45, 2.75) is 98.0 Å². The number of rotatable bonds is 12. The molecule has 0 saturated heterocycles. The molecule has 4 atom stereocenters. The first kappa shape index (κ1) is 29.0. The fraction of sp³-hybridized carbons (Fsp3) is 0.724. The molecule has 1 saturated carbocycles. The van der Waals surface area contributed by atoms with Gasteiger partial charge >= 0.3 is 10.4 Å². The predicted molar refractivity (Wildman–Crippen MR) is 148 cm³/mol. The molecule has 0 aromatic carbocycles. The summed E-state index contributed by atoms with van der Waals surface area (Å²) in [7, 11) is -4.55. The molecule has 1 amide bonds. The van der Waals surface area contributed by atoms with Gasteiger partial charge < -0.3 is 9.88 Å². The first-order chi connectivity index (χ1) is 17.9. The standard InChI is InChI=1S/C29H45N3O5S/c1-21-10-11-25-26(9-6-14-28(25,2)3)29(21,4)15-12-24(37-38(34,35)36)8-5-7-22-17-27(33)32(19-22)16-13-23-18-30-20-31-23/h9,17-18,20-21,24-25H,5-8,10-16,19H2,1-4H3,(H,30,31)(H,34,35,36)/t21-,24?,25-,29-/m0/s1. The van der Waals surface area contributed by atoms with Crippen molar-refractivity contribution in [1.29, 1.82) is 0 Å². The van der Waals surface area contributed by atoms with Crippen molar-refractivity contribution in [3.05, 3.63) is 41.5 Å². The van der Waals surface area contributed by atoms with Crippen LogP contribution in [0.1, 0.15) is 91.2 Å². The lowest BCUT2D eigenvalue weighted by Crippen LogP contribution is -2.43. The highest BCUT2D eigenvalue weighted by atomic mass is 32.3. The number of hydrogen-bond donors (Lipinski definition) is 2. The molecule has 9 heteroatoms. The van der Waals surface area contributed by atoms with Crippen LogP contribution < -0.4 is 0 Å². The molecule has 38 heavy (non-hydrogen) atoms. The van der Waals surface area contributed by atoms with E-state index in [0.717, 1.165) is 30.5 Å². The molecule has 212 valence electrons. The summed E-state index contributed by atoms with van der Waals surface area (Å²) in [6, 6.07) is 0. The zero-order chi connectivity index (χ0) is 27.6. The molecule has 0 spiro atoms. The number of aromatic nitrogens is 2. The van der Waals surface area contributed by atoms with Gasteiger partial charge in [0.05, 0.1) is 12.4 Å². The molecule has 1 unspecified atom stereocenters. The number of nitrogens with zero attached hydrogens (tertiary/aromatic N) is 2. The van der Waals surface area contributed by atoms with Crippen LogP contribution in [0, 0.1) is 22.7 Å². The van der Waals surface area contributed by atoms with Gasteiger partial charge in [0.2, 0.25) is 5.91 Å². The van der Waals surface area contributed by atoms with E-state index < -0.39 is 16.5 Å². The second-order valence-corrected chi connectivity index (χ2v) is 13.6. The van der Waals surface area contributed by atoms with E-state index in [1.165, 1.54) is 19.3 Å². The molecule has 1 aliphatic heterocycles. The van der Waals surface area contributed by atoms with Gasteiger partial charge in [0.25, 0.3) is 0 Å².